The number of sulfonamides is 2. The molecular weight excluding hydrogens is 943 g/mol. The van der Waals surface area contributed by atoms with E-state index in [1.54, 1.807) is 49.3 Å². The monoisotopic (exact) mass is 996 g/mol. The molecule has 4 aliphatic rings. The lowest BCUT2D eigenvalue weighted by Crippen LogP contribution is -2.54. The van der Waals surface area contributed by atoms with Crippen LogP contribution in [-0.4, -0.2) is 152 Å². The molecule has 6 aromatic heterocycles. The molecule has 0 saturated carbocycles. The third kappa shape index (κ3) is 10.3. The molecule has 4 unspecified atom stereocenters. The maximum atomic E-state index is 14.7. The van der Waals surface area contributed by atoms with Gasteiger partial charge < -0.3 is 19.6 Å². The Morgan fingerprint density at radius 2 is 0.971 bits per heavy atom. The Morgan fingerprint density at radius 3 is 1.46 bits per heavy atom. The number of nitrogens with zero attached hydrogens (tertiary/aromatic N) is 16. The van der Waals surface area contributed by atoms with Gasteiger partial charge in [-0.05, 0) is 39.8 Å². The highest BCUT2D eigenvalue weighted by Crippen LogP contribution is 2.36. The third-order valence-corrected chi connectivity index (χ3v) is 15.9. The minimum absolute atomic E-state index is 0.104. The summed E-state index contributed by atoms with van der Waals surface area (Å²) in [5, 5.41) is 0. The topological polar surface area (TPSA) is 217 Å². The average molecular weight is 997 g/mol. The van der Waals surface area contributed by atoms with Gasteiger partial charge in [-0.1, -0.05) is 0 Å². The van der Waals surface area contributed by atoms with E-state index in [2.05, 4.69) is 44.9 Å². The number of pyridine rings is 2. The van der Waals surface area contributed by atoms with Gasteiger partial charge in [0.05, 0.1) is 36.0 Å². The van der Waals surface area contributed by atoms with Gasteiger partial charge in [-0.15, -0.1) is 0 Å². The van der Waals surface area contributed by atoms with Crippen LogP contribution in [0.2, 0.25) is 0 Å². The average Bonchev–Trinajstić information content (AvgIpc) is 3.33. The van der Waals surface area contributed by atoms with Crippen molar-refractivity contribution < 1.29 is 25.6 Å². The van der Waals surface area contributed by atoms with Crippen LogP contribution >= 0.6 is 0 Å². The fraction of sp³-hybridized carbons (Fsp3) is 0.435. The van der Waals surface area contributed by atoms with E-state index >= 15 is 0 Å². The largest absolute Gasteiger partial charge is 0.368 e. The van der Waals surface area contributed by atoms with Gasteiger partial charge in [0.1, 0.15) is 23.3 Å². The standard InChI is InChI=1S/2C23H27FN8O2S/c1-15-14-30(9-10-32(15)35(3,33)34)17-11-20(24)29-21(12-17)31-8-5-19-18(16(31)2)13-27-23(28-19)22-25-6-4-7-26-22;1-15-14-30(9-10-32(15)35(3,33)34)20-11-17(24)12-21(29-20)31-8-5-19-18(16(31)2)13-27-23(28-19)22-25-6-4-7-26-22/h2*4,6-7,11-13,15-16H,5,8-10,14H2,1-3H3. The van der Waals surface area contributed by atoms with Crippen LogP contribution in [0.25, 0.3) is 23.3 Å². The molecule has 2 saturated heterocycles. The predicted molar refractivity (Wildman–Crippen MR) is 260 cm³/mol. The SMILES string of the molecule is CC1c2cnc(-c3ncccn3)nc2CCN1c1cc(F)cc(N2CCN(S(C)(=O)=O)C(C)C2)n1.CC1c2cnc(-c3ncccn3)nc2CCN1c1cc(N2CCN(S(C)(=O)=O)C(C)C2)cc(F)n1. The van der Waals surface area contributed by atoms with Gasteiger partial charge >= 0.3 is 0 Å². The minimum Gasteiger partial charge on any atom is -0.368 e. The normalized spacial score (nSPS) is 21.1. The van der Waals surface area contributed by atoms with Crippen LogP contribution in [0.5, 0.6) is 0 Å². The maximum Gasteiger partial charge on any atom is 0.216 e. The molecule has 4 atom stereocenters. The lowest BCUT2D eigenvalue weighted by Gasteiger charge is -2.40. The summed E-state index contributed by atoms with van der Waals surface area (Å²) in [6, 6.07) is 8.97. The van der Waals surface area contributed by atoms with Crippen molar-refractivity contribution in [1.29, 1.82) is 0 Å². The number of aromatic nitrogens is 10. The van der Waals surface area contributed by atoms with Crippen molar-refractivity contribution in [3.05, 3.63) is 108 Å². The molecule has 0 N–H and O–H groups in total. The molecule has 24 heteroatoms. The van der Waals surface area contributed by atoms with Crippen LogP contribution in [0, 0.1) is 11.8 Å². The Kier molecular flexibility index (Phi) is 13.7. The molecule has 70 heavy (non-hydrogen) atoms. The van der Waals surface area contributed by atoms with Crippen molar-refractivity contribution in [1.82, 2.24) is 58.5 Å². The molecule has 0 spiro atoms. The van der Waals surface area contributed by atoms with Gasteiger partial charge in [-0.2, -0.15) is 13.0 Å². The fourth-order valence-corrected chi connectivity index (χ4v) is 12.0. The van der Waals surface area contributed by atoms with Crippen LogP contribution in [0.15, 0.2) is 73.6 Å². The lowest BCUT2D eigenvalue weighted by atomic mass is 9.99. The Labute approximate surface area is 406 Å². The molecule has 0 bridgehead atoms. The molecule has 0 aliphatic carbocycles. The summed E-state index contributed by atoms with van der Waals surface area (Å²) >= 11 is 0. The van der Waals surface area contributed by atoms with Crippen LogP contribution < -0.4 is 19.6 Å². The summed E-state index contributed by atoms with van der Waals surface area (Å²) < 4.78 is 80.4. The van der Waals surface area contributed by atoms with Crippen molar-refractivity contribution in [3.63, 3.8) is 0 Å². The van der Waals surface area contributed by atoms with Gasteiger partial charge in [-0.3, -0.25) is 0 Å². The highest BCUT2D eigenvalue weighted by Gasteiger charge is 2.34. The first-order valence-electron chi connectivity index (χ1n) is 23.0. The van der Waals surface area contributed by atoms with E-state index in [1.165, 1.54) is 39.3 Å². The number of hydrogen-bond acceptors (Lipinski definition) is 18. The molecule has 6 aromatic rings. The van der Waals surface area contributed by atoms with Crippen molar-refractivity contribution in [2.75, 3.05) is 84.5 Å². The quantitative estimate of drug-likeness (QED) is 0.196. The van der Waals surface area contributed by atoms with E-state index in [1.807, 2.05) is 53.4 Å². The molecule has 10 rings (SSSR count). The second-order valence-electron chi connectivity index (χ2n) is 17.9. The molecular formula is C46H54F2N16O4S2. The van der Waals surface area contributed by atoms with E-state index in [-0.39, 0.29) is 30.0 Å². The first-order valence-corrected chi connectivity index (χ1v) is 26.7. The van der Waals surface area contributed by atoms with Crippen molar-refractivity contribution >= 4 is 43.2 Å². The zero-order valence-corrected chi connectivity index (χ0v) is 41.3. The molecule has 0 amide bonds. The van der Waals surface area contributed by atoms with E-state index in [0.717, 1.165) is 22.5 Å². The molecule has 0 radical (unpaired) electrons. The van der Waals surface area contributed by atoms with Gasteiger partial charge in [0, 0.05) is 156 Å². The summed E-state index contributed by atoms with van der Waals surface area (Å²) in [7, 11) is -6.56. The van der Waals surface area contributed by atoms with E-state index in [4.69, 9.17) is 4.98 Å². The zero-order valence-electron chi connectivity index (χ0n) is 39.7. The minimum atomic E-state index is -3.29. The predicted octanol–water partition coefficient (Wildman–Crippen LogP) is 4.12. The van der Waals surface area contributed by atoms with Crippen LogP contribution in [0.1, 0.15) is 62.3 Å². The number of piperazine rings is 2. The van der Waals surface area contributed by atoms with E-state index in [0.29, 0.717) is 112 Å². The van der Waals surface area contributed by atoms with Gasteiger partial charge in [0.15, 0.2) is 23.3 Å². The number of rotatable bonds is 8. The zero-order chi connectivity index (χ0) is 49.5. The Hall–Kier alpha value is -6.50. The number of hydrogen-bond donors (Lipinski definition) is 0. The van der Waals surface area contributed by atoms with E-state index < -0.39 is 26.0 Å². The second kappa shape index (κ2) is 19.7. The maximum absolute atomic E-state index is 14.7. The molecule has 20 nitrogen and oxygen atoms in total. The van der Waals surface area contributed by atoms with Crippen molar-refractivity contribution in [2.45, 2.75) is 64.7 Å². The van der Waals surface area contributed by atoms with Crippen LogP contribution in [0.3, 0.4) is 0 Å². The molecule has 0 aromatic carbocycles. The molecule has 10 heterocycles. The third-order valence-electron chi connectivity index (χ3n) is 13.1. The molecule has 2 fully saturated rings. The summed E-state index contributed by atoms with van der Waals surface area (Å²) in [6.07, 6.45) is 13.9. The number of halogens is 2. The summed E-state index contributed by atoms with van der Waals surface area (Å²) in [5.41, 5.74) is 4.46. The van der Waals surface area contributed by atoms with Crippen LogP contribution in [-0.2, 0) is 32.9 Å². The first-order chi connectivity index (χ1) is 33.4. The van der Waals surface area contributed by atoms with Crippen LogP contribution in [0.4, 0.5) is 31.9 Å². The highest BCUT2D eigenvalue weighted by atomic mass is 32.2. The molecule has 368 valence electrons. The fourth-order valence-electron chi connectivity index (χ4n) is 9.69. The Balaban J connectivity index is 0.000000174. The highest BCUT2D eigenvalue weighted by molar-refractivity contribution is 7.88. The Bertz CT molecular complexity index is 2890. The summed E-state index contributed by atoms with van der Waals surface area (Å²) in [6.45, 7) is 11.6. The number of fused-ring (bicyclic) bond motifs is 2. The molecule has 4 aliphatic heterocycles. The summed E-state index contributed by atoms with van der Waals surface area (Å²) in [5.74, 6) is 2.55. The first kappa shape index (κ1) is 48.5. The smallest absolute Gasteiger partial charge is 0.216 e. The Morgan fingerprint density at radius 1 is 0.514 bits per heavy atom. The van der Waals surface area contributed by atoms with E-state index in [9.17, 15) is 25.6 Å². The lowest BCUT2D eigenvalue weighted by molar-refractivity contribution is 0.307. The van der Waals surface area contributed by atoms with Gasteiger partial charge in [0.2, 0.25) is 26.0 Å². The summed E-state index contributed by atoms with van der Waals surface area (Å²) in [4.78, 5) is 52.2. The van der Waals surface area contributed by atoms with Crippen molar-refractivity contribution in [3.8, 4) is 23.3 Å². The second-order valence-corrected chi connectivity index (χ2v) is 21.8. The van der Waals surface area contributed by atoms with Gasteiger partial charge in [-0.25, -0.2) is 71.1 Å². The van der Waals surface area contributed by atoms with Gasteiger partial charge in [0.25, 0.3) is 0 Å². The number of anilines is 4. The van der Waals surface area contributed by atoms with Crippen molar-refractivity contribution in [2.24, 2.45) is 0 Å².